The summed E-state index contributed by atoms with van der Waals surface area (Å²) < 4.78 is 12.0. The van der Waals surface area contributed by atoms with Gasteiger partial charge in [0.1, 0.15) is 18.0 Å². The average Bonchev–Trinajstić information content (AvgIpc) is 3.55. The highest BCUT2D eigenvalue weighted by Gasteiger charge is 2.50. The minimum atomic E-state index is -1.04. The molecule has 2 aromatic carbocycles. The van der Waals surface area contributed by atoms with E-state index in [4.69, 9.17) is 9.47 Å². The lowest BCUT2D eigenvalue weighted by atomic mass is 9.77. The predicted octanol–water partition coefficient (Wildman–Crippen LogP) is 1.56. The minimum absolute atomic E-state index is 0.107. The summed E-state index contributed by atoms with van der Waals surface area (Å²) in [6.07, 6.45) is 1.75. The van der Waals surface area contributed by atoms with Crippen molar-refractivity contribution in [1.29, 1.82) is 0 Å². The first-order valence-electron chi connectivity index (χ1n) is 12.6. The third-order valence-electron chi connectivity index (χ3n) is 7.18. The highest BCUT2D eigenvalue weighted by molar-refractivity contribution is 5.96. The van der Waals surface area contributed by atoms with E-state index < -0.39 is 24.2 Å². The Morgan fingerprint density at radius 3 is 2.61 bits per heavy atom. The van der Waals surface area contributed by atoms with Crippen LogP contribution in [-0.4, -0.2) is 77.6 Å². The van der Waals surface area contributed by atoms with Crippen LogP contribution in [0.4, 0.5) is 0 Å². The lowest BCUT2D eigenvalue weighted by molar-refractivity contribution is -0.138. The Kier molecular flexibility index (Phi) is 7.36. The topological polar surface area (TPSA) is 108 Å². The molecule has 0 saturated carbocycles. The Balaban J connectivity index is 1.51. The number of nitrogens with zero attached hydrogens (tertiary/aromatic N) is 1. The molecule has 2 amide bonds. The molecule has 8 heteroatoms. The first-order chi connectivity index (χ1) is 17.6. The van der Waals surface area contributed by atoms with E-state index in [0.717, 1.165) is 24.0 Å². The number of aliphatic hydroxyl groups is 2. The molecule has 2 aliphatic heterocycles. The van der Waals surface area contributed by atoms with Crippen molar-refractivity contribution in [2.45, 2.75) is 49.5 Å². The number of carbonyl (C=O) groups is 2. The van der Waals surface area contributed by atoms with E-state index in [1.807, 2.05) is 54.6 Å². The molecular weight excluding hydrogens is 460 g/mol. The van der Waals surface area contributed by atoms with E-state index in [1.165, 1.54) is 0 Å². The SMILES string of the molecule is O=C(NCCO)C1=CC(N(CC2CCCO2)C(=O)Cc2ccccc2)C(O)C2Oc3ccccc3C12. The van der Waals surface area contributed by atoms with Gasteiger partial charge < -0.3 is 29.9 Å². The Bertz CT molecular complexity index is 1110. The molecule has 2 heterocycles. The summed E-state index contributed by atoms with van der Waals surface area (Å²) in [6, 6.07) is 16.1. The first-order valence-corrected chi connectivity index (χ1v) is 12.6. The number of carbonyl (C=O) groups excluding carboxylic acids is 2. The average molecular weight is 493 g/mol. The standard InChI is InChI=1S/C28H32N2O6/c31-13-12-29-28(34)21-16-22(26(33)27-25(21)20-10-4-5-11-23(20)36-27)30(17-19-9-6-14-35-19)24(32)15-18-7-2-1-3-8-18/h1-5,7-8,10-11,16,19,22,25-27,31,33H,6,9,12-15,17H2,(H,29,34). The molecule has 0 aromatic heterocycles. The fraction of sp³-hybridized carbons (Fsp3) is 0.429. The van der Waals surface area contributed by atoms with Crippen molar-refractivity contribution in [2.24, 2.45) is 0 Å². The van der Waals surface area contributed by atoms with Crippen molar-refractivity contribution >= 4 is 11.8 Å². The number of aliphatic hydroxyl groups excluding tert-OH is 2. The third kappa shape index (κ3) is 4.89. The van der Waals surface area contributed by atoms with Crippen LogP contribution in [0.15, 0.2) is 66.2 Å². The lowest BCUT2D eigenvalue weighted by Gasteiger charge is -2.41. The fourth-order valence-corrected chi connectivity index (χ4v) is 5.46. The molecule has 1 aliphatic carbocycles. The van der Waals surface area contributed by atoms with Crippen molar-refractivity contribution in [3.05, 3.63) is 77.4 Å². The van der Waals surface area contributed by atoms with Gasteiger partial charge in [0.25, 0.3) is 0 Å². The van der Waals surface area contributed by atoms with Crippen molar-refractivity contribution in [2.75, 3.05) is 26.3 Å². The fourth-order valence-electron chi connectivity index (χ4n) is 5.46. The normalized spacial score (nSPS) is 26.4. The number of amides is 2. The summed E-state index contributed by atoms with van der Waals surface area (Å²) in [5.41, 5.74) is 2.13. The highest BCUT2D eigenvalue weighted by atomic mass is 16.5. The Hall–Kier alpha value is -3.20. The van der Waals surface area contributed by atoms with E-state index in [9.17, 15) is 19.8 Å². The van der Waals surface area contributed by atoms with Gasteiger partial charge in [0.15, 0.2) is 0 Å². The van der Waals surface area contributed by atoms with Crippen LogP contribution in [0.2, 0.25) is 0 Å². The summed E-state index contributed by atoms with van der Waals surface area (Å²) >= 11 is 0. The van der Waals surface area contributed by atoms with Gasteiger partial charge in [-0.05, 0) is 30.5 Å². The smallest absolute Gasteiger partial charge is 0.247 e. The number of para-hydroxylation sites is 1. The molecule has 190 valence electrons. The number of rotatable bonds is 8. The minimum Gasteiger partial charge on any atom is -0.486 e. The second kappa shape index (κ2) is 10.8. The lowest BCUT2D eigenvalue weighted by Crippen LogP contribution is -2.57. The van der Waals surface area contributed by atoms with Gasteiger partial charge >= 0.3 is 0 Å². The summed E-state index contributed by atoms with van der Waals surface area (Å²) in [6.45, 7) is 0.884. The van der Waals surface area contributed by atoms with Crippen molar-refractivity contribution < 1.29 is 29.3 Å². The molecule has 1 fully saturated rings. The van der Waals surface area contributed by atoms with Crippen LogP contribution in [0.5, 0.6) is 5.75 Å². The maximum Gasteiger partial charge on any atom is 0.247 e. The van der Waals surface area contributed by atoms with Crippen LogP contribution in [-0.2, 0) is 20.7 Å². The zero-order valence-electron chi connectivity index (χ0n) is 20.1. The van der Waals surface area contributed by atoms with Gasteiger partial charge in [-0.1, -0.05) is 48.5 Å². The molecule has 3 aliphatic rings. The van der Waals surface area contributed by atoms with Crippen LogP contribution < -0.4 is 10.1 Å². The molecule has 3 N–H and O–H groups in total. The second-order valence-corrected chi connectivity index (χ2v) is 9.52. The maximum atomic E-state index is 13.7. The van der Waals surface area contributed by atoms with E-state index in [0.29, 0.717) is 24.5 Å². The molecular formula is C28H32N2O6. The van der Waals surface area contributed by atoms with Crippen molar-refractivity contribution in [3.8, 4) is 5.75 Å². The summed E-state index contributed by atoms with van der Waals surface area (Å²) in [4.78, 5) is 28.5. The van der Waals surface area contributed by atoms with Gasteiger partial charge in [-0.15, -0.1) is 0 Å². The number of hydrogen-bond acceptors (Lipinski definition) is 6. The maximum absolute atomic E-state index is 13.7. The largest absolute Gasteiger partial charge is 0.486 e. The number of ether oxygens (including phenoxy) is 2. The van der Waals surface area contributed by atoms with E-state index in [2.05, 4.69) is 5.32 Å². The van der Waals surface area contributed by atoms with Gasteiger partial charge in [-0.3, -0.25) is 9.59 Å². The van der Waals surface area contributed by atoms with Gasteiger partial charge in [-0.25, -0.2) is 0 Å². The molecule has 5 rings (SSSR count). The van der Waals surface area contributed by atoms with Gasteiger partial charge in [0.05, 0.1) is 31.1 Å². The number of benzene rings is 2. The van der Waals surface area contributed by atoms with Crippen LogP contribution in [0.1, 0.15) is 29.9 Å². The molecule has 5 atom stereocenters. The number of nitrogens with one attached hydrogen (secondary N) is 1. The molecule has 0 radical (unpaired) electrons. The van der Waals surface area contributed by atoms with Crippen molar-refractivity contribution in [1.82, 2.24) is 10.2 Å². The number of fused-ring (bicyclic) bond motifs is 3. The van der Waals surface area contributed by atoms with E-state index in [-0.39, 0.29) is 37.5 Å². The van der Waals surface area contributed by atoms with Crippen LogP contribution in [0.25, 0.3) is 0 Å². The molecule has 8 nitrogen and oxygen atoms in total. The second-order valence-electron chi connectivity index (χ2n) is 9.52. The zero-order valence-corrected chi connectivity index (χ0v) is 20.1. The Morgan fingerprint density at radius 2 is 1.86 bits per heavy atom. The summed E-state index contributed by atoms with van der Waals surface area (Å²) in [5, 5.41) is 23.6. The first kappa shape index (κ1) is 24.5. The molecule has 0 spiro atoms. The number of hydrogen-bond donors (Lipinski definition) is 3. The predicted molar refractivity (Wildman–Crippen MR) is 132 cm³/mol. The van der Waals surface area contributed by atoms with E-state index in [1.54, 1.807) is 11.0 Å². The van der Waals surface area contributed by atoms with Crippen LogP contribution in [0, 0.1) is 0 Å². The highest BCUT2D eigenvalue weighted by Crippen LogP contribution is 2.47. The molecule has 0 bridgehead atoms. The summed E-state index contributed by atoms with van der Waals surface area (Å²) in [7, 11) is 0. The van der Waals surface area contributed by atoms with Gasteiger partial charge in [0, 0.05) is 30.8 Å². The zero-order chi connectivity index (χ0) is 25.1. The monoisotopic (exact) mass is 492 g/mol. The van der Waals surface area contributed by atoms with Crippen molar-refractivity contribution in [3.63, 3.8) is 0 Å². The molecule has 36 heavy (non-hydrogen) atoms. The van der Waals surface area contributed by atoms with E-state index >= 15 is 0 Å². The Morgan fingerprint density at radius 1 is 1.08 bits per heavy atom. The van der Waals surface area contributed by atoms with Gasteiger partial charge in [0.2, 0.25) is 11.8 Å². The quantitative estimate of drug-likeness (QED) is 0.516. The third-order valence-corrected chi connectivity index (χ3v) is 7.18. The van der Waals surface area contributed by atoms with Crippen LogP contribution in [0.3, 0.4) is 0 Å². The molecule has 2 aromatic rings. The van der Waals surface area contributed by atoms with Gasteiger partial charge in [-0.2, -0.15) is 0 Å². The Labute approximate surface area is 210 Å². The molecule has 5 unspecified atom stereocenters. The summed E-state index contributed by atoms with van der Waals surface area (Å²) in [5.74, 6) is -0.348. The van der Waals surface area contributed by atoms with Crippen LogP contribution >= 0.6 is 0 Å². The molecule has 1 saturated heterocycles.